The zero-order valence-electron chi connectivity index (χ0n) is 5.14. The molecular formula is C7H6BrFS. The Morgan fingerprint density at radius 2 is 2.20 bits per heavy atom. The molecule has 1 aromatic rings. The van der Waals surface area contributed by atoms with Crippen LogP contribution < -0.4 is 0 Å². The molecule has 54 valence electrons. The molecule has 10 heavy (non-hydrogen) atoms. The molecule has 0 saturated heterocycles. The molecule has 0 unspecified atom stereocenters. The molecule has 0 aliphatic rings. The predicted octanol–water partition coefficient (Wildman–Crippen LogP) is 3.02. The van der Waals surface area contributed by atoms with Gasteiger partial charge in [-0.1, -0.05) is 22.0 Å². The minimum atomic E-state index is -0.225. The summed E-state index contributed by atoms with van der Waals surface area (Å²) in [5.74, 6) is 0.401. The van der Waals surface area contributed by atoms with E-state index in [9.17, 15) is 4.39 Å². The number of hydrogen-bond acceptors (Lipinski definition) is 1. The molecule has 1 aromatic carbocycles. The Hall–Kier alpha value is -0.0200. The van der Waals surface area contributed by atoms with Gasteiger partial charge in [0.15, 0.2) is 0 Å². The Kier molecular flexibility index (Phi) is 2.74. The second-order valence-corrected chi connectivity index (χ2v) is 3.06. The minimum Gasteiger partial charge on any atom is -0.207 e. The number of benzene rings is 1. The van der Waals surface area contributed by atoms with Crippen LogP contribution in [0.25, 0.3) is 0 Å². The van der Waals surface area contributed by atoms with Crippen LogP contribution in [0.4, 0.5) is 4.39 Å². The lowest BCUT2D eigenvalue weighted by Gasteiger charge is -1.98. The van der Waals surface area contributed by atoms with Crippen molar-refractivity contribution in [2.75, 3.05) is 0 Å². The molecule has 0 amide bonds. The summed E-state index contributed by atoms with van der Waals surface area (Å²) in [6.07, 6.45) is 0. The third kappa shape index (κ3) is 1.73. The molecule has 0 nitrogen and oxygen atoms in total. The summed E-state index contributed by atoms with van der Waals surface area (Å²) in [4.78, 5) is 0. The van der Waals surface area contributed by atoms with Gasteiger partial charge < -0.3 is 0 Å². The van der Waals surface area contributed by atoms with E-state index in [2.05, 4.69) is 28.6 Å². The Morgan fingerprint density at radius 3 is 2.70 bits per heavy atom. The summed E-state index contributed by atoms with van der Waals surface area (Å²) in [7, 11) is 0. The fourth-order valence-electron chi connectivity index (χ4n) is 0.650. The van der Waals surface area contributed by atoms with E-state index >= 15 is 0 Å². The summed E-state index contributed by atoms with van der Waals surface area (Å²) in [5.41, 5.74) is 1.00. The van der Waals surface area contributed by atoms with Gasteiger partial charge in [-0.2, -0.15) is 12.6 Å². The zero-order valence-corrected chi connectivity index (χ0v) is 7.62. The SMILES string of the molecule is Fc1ccc(CS)c(Br)c1. The molecule has 0 N–H and O–H groups in total. The molecule has 0 aliphatic heterocycles. The van der Waals surface area contributed by atoms with Gasteiger partial charge in [-0.25, -0.2) is 4.39 Å². The lowest BCUT2D eigenvalue weighted by molar-refractivity contribution is 0.626. The molecule has 0 aliphatic carbocycles. The monoisotopic (exact) mass is 220 g/mol. The smallest absolute Gasteiger partial charge is 0.124 e. The molecule has 0 saturated carbocycles. The topological polar surface area (TPSA) is 0 Å². The highest BCUT2D eigenvalue weighted by Crippen LogP contribution is 2.18. The lowest BCUT2D eigenvalue weighted by atomic mass is 10.2. The van der Waals surface area contributed by atoms with Gasteiger partial charge in [0.2, 0.25) is 0 Å². The zero-order chi connectivity index (χ0) is 7.56. The highest BCUT2D eigenvalue weighted by Gasteiger charge is 1.97. The molecule has 1 rings (SSSR count). The van der Waals surface area contributed by atoms with Crippen molar-refractivity contribution in [2.24, 2.45) is 0 Å². The van der Waals surface area contributed by atoms with E-state index in [0.717, 1.165) is 10.0 Å². The molecule has 0 aromatic heterocycles. The minimum absolute atomic E-state index is 0.225. The van der Waals surface area contributed by atoms with Gasteiger partial charge in [0, 0.05) is 10.2 Å². The van der Waals surface area contributed by atoms with E-state index in [0.29, 0.717) is 5.75 Å². The van der Waals surface area contributed by atoms with Crippen molar-refractivity contribution in [2.45, 2.75) is 5.75 Å². The van der Waals surface area contributed by atoms with Gasteiger partial charge in [-0.15, -0.1) is 0 Å². The second-order valence-electron chi connectivity index (χ2n) is 1.89. The largest absolute Gasteiger partial charge is 0.207 e. The molecule has 0 radical (unpaired) electrons. The first kappa shape index (κ1) is 8.08. The average Bonchev–Trinajstić information content (AvgIpc) is 1.88. The first-order valence-electron chi connectivity index (χ1n) is 2.79. The fourth-order valence-corrected chi connectivity index (χ4v) is 1.63. The Bertz CT molecular complexity index is 237. The van der Waals surface area contributed by atoms with E-state index in [4.69, 9.17) is 0 Å². The van der Waals surface area contributed by atoms with Gasteiger partial charge in [-0.05, 0) is 17.7 Å². The van der Waals surface area contributed by atoms with Crippen LogP contribution in [-0.4, -0.2) is 0 Å². The molecule has 0 fully saturated rings. The van der Waals surface area contributed by atoms with Crippen LogP contribution in [0, 0.1) is 5.82 Å². The van der Waals surface area contributed by atoms with Crippen LogP contribution >= 0.6 is 28.6 Å². The summed E-state index contributed by atoms with van der Waals surface area (Å²) in [6, 6.07) is 4.58. The maximum absolute atomic E-state index is 12.4. The van der Waals surface area contributed by atoms with Crippen molar-refractivity contribution < 1.29 is 4.39 Å². The number of hydrogen-bond donors (Lipinski definition) is 1. The van der Waals surface area contributed by atoms with Crippen molar-refractivity contribution >= 4 is 28.6 Å². The summed E-state index contributed by atoms with van der Waals surface area (Å²) < 4.78 is 13.2. The van der Waals surface area contributed by atoms with Crippen molar-refractivity contribution in [3.63, 3.8) is 0 Å². The standard InChI is InChI=1S/C7H6BrFS/c8-7-3-6(9)2-1-5(7)4-10/h1-3,10H,4H2. The number of rotatable bonds is 1. The van der Waals surface area contributed by atoms with Crippen molar-refractivity contribution in [1.29, 1.82) is 0 Å². The summed E-state index contributed by atoms with van der Waals surface area (Å²) >= 11 is 7.28. The number of halogens is 2. The maximum atomic E-state index is 12.4. The normalized spacial score (nSPS) is 9.90. The highest BCUT2D eigenvalue weighted by molar-refractivity contribution is 9.10. The van der Waals surface area contributed by atoms with E-state index in [1.807, 2.05) is 0 Å². The van der Waals surface area contributed by atoms with Gasteiger partial charge in [0.05, 0.1) is 0 Å². The van der Waals surface area contributed by atoms with Gasteiger partial charge in [0.25, 0.3) is 0 Å². The molecule has 0 heterocycles. The van der Waals surface area contributed by atoms with Crippen LogP contribution in [-0.2, 0) is 5.75 Å². The van der Waals surface area contributed by atoms with E-state index in [1.165, 1.54) is 12.1 Å². The predicted molar refractivity (Wildman–Crippen MR) is 46.8 cm³/mol. The maximum Gasteiger partial charge on any atom is 0.124 e. The van der Waals surface area contributed by atoms with E-state index in [1.54, 1.807) is 6.07 Å². The summed E-state index contributed by atoms with van der Waals surface area (Å²) in [6.45, 7) is 0. The van der Waals surface area contributed by atoms with E-state index in [-0.39, 0.29) is 5.82 Å². The summed E-state index contributed by atoms with van der Waals surface area (Å²) in [5, 5.41) is 0. The first-order valence-corrected chi connectivity index (χ1v) is 4.21. The van der Waals surface area contributed by atoms with Crippen molar-refractivity contribution in [3.05, 3.63) is 34.1 Å². The molecule has 0 spiro atoms. The fraction of sp³-hybridized carbons (Fsp3) is 0.143. The highest BCUT2D eigenvalue weighted by atomic mass is 79.9. The average molecular weight is 221 g/mol. The first-order chi connectivity index (χ1) is 4.74. The third-order valence-corrected chi connectivity index (χ3v) is 2.26. The van der Waals surface area contributed by atoms with Crippen LogP contribution in [0.1, 0.15) is 5.56 Å². The Labute approximate surface area is 73.0 Å². The molecular weight excluding hydrogens is 215 g/mol. The Balaban J connectivity index is 3.07. The van der Waals surface area contributed by atoms with Crippen LogP contribution in [0.2, 0.25) is 0 Å². The Morgan fingerprint density at radius 1 is 1.50 bits per heavy atom. The van der Waals surface area contributed by atoms with Crippen molar-refractivity contribution in [3.8, 4) is 0 Å². The molecule has 3 heteroatoms. The quantitative estimate of drug-likeness (QED) is 0.692. The van der Waals surface area contributed by atoms with Crippen LogP contribution in [0.5, 0.6) is 0 Å². The van der Waals surface area contributed by atoms with Crippen LogP contribution in [0.3, 0.4) is 0 Å². The molecule has 0 atom stereocenters. The van der Waals surface area contributed by atoms with Crippen LogP contribution in [0.15, 0.2) is 22.7 Å². The number of thiol groups is 1. The molecule has 0 bridgehead atoms. The van der Waals surface area contributed by atoms with E-state index < -0.39 is 0 Å². The third-order valence-electron chi connectivity index (χ3n) is 1.19. The van der Waals surface area contributed by atoms with Gasteiger partial charge in [0.1, 0.15) is 5.82 Å². The lowest BCUT2D eigenvalue weighted by Crippen LogP contribution is -1.81. The van der Waals surface area contributed by atoms with Gasteiger partial charge in [-0.3, -0.25) is 0 Å². The van der Waals surface area contributed by atoms with Crippen molar-refractivity contribution in [1.82, 2.24) is 0 Å². The van der Waals surface area contributed by atoms with Gasteiger partial charge >= 0.3 is 0 Å². The second kappa shape index (κ2) is 3.39.